The third-order valence-electron chi connectivity index (χ3n) is 3.09. The molecule has 0 radical (unpaired) electrons. The minimum atomic E-state index is -0.672. The highest BCUT2D eigenvalue weighted by Crippen LogP contribution is 2.44. The highest BCUT2D eigenvalue weighted by atomic mass is 35.5. The van der Waals surface area contributed by atoms with Crippen molar-refractivity contribution in [3.63, 3.8) is 0 Å². The van der Waals surface area contributed by atoms with Crippen molar-refractivity contribution in [2.45, 2.75) is 25.3 Å². The molecule has 1 atom stereocenters. The summed E-state index contributed by atoms with van der Waals surface area (Å²) in [5.74, 6) is -1.50. The maximum Gasteiger partial charge on any atom is 0.165 e. The summed E-state index contributed by atoms with van der Waals surface area (Å²) in [4.78, 5) is 0. The number of rotatable bonds is 1. The van der Waals surface area contributed by atoms with Gasteiger partial charge in [-0.1, -0.05) is 11.6 Å². The standard InChI is InChI=1S/C11H13ClFNO2/c1-11(3-2-4-14-11)8-9(13)6(12)5-7(15)10(8)16/h5,14-16H,2-4H2,1H3. The Morgan fingerprint density at radius 3 is 2.75 bits per heavy atom. The molecular formula is C11H13ClFNO2. The highest BCUT2D eigenvalue weighted by Gasteiger charge is 2.37. The summed E-state index contributed by atoms with van der Waals surface area (Å²) in [6.45, 7) is 2.54. The highest BCUT2D eigenvalue weighted by molar-refractivity contribution is 6.31. The van der Waals surface area contributed by atoms with Crippen molar-refractivity contribution in [1.82, 2.24) is 5.32 Å². The van der Waals surface area contributed by atoms with Gasteiger partial charge in [0.05, 0.1) is 10.6 Å². The summed E-state index contributed by atoms with van der Waals surface area (Å²) < 4.78 is 13.9. The Kier molecular flexibility index (Phi) is 2.72. The molecule has 1 fully saturated rings. The van der Waals surface area contributed by atoms with E-state index in [9.17, 15) is 14.6 Å². The molecule has 1 saturated heterocycles. The van der Waals surface area contributed by atoms with Crippen LogP contribution in [0.25, 0.3) is 0 Å². The fourth-order valence-corrected chi connectivity index (χ4v) is 2.41. The Balaban J connectivity index is 2.63. The number of benzene rings is 1. The van der Waals surface area contributed by atoms with Gasteiger partial charge in [-0.25, -0.2) is 4.39 Å². The Morgan fingerprint density at radius 1 is 1.50 bits per heavy atom. The van der Waals surface area contributed by atoms with Gasteiger partial charge in [0, 0.05) is 11.6 Å². The lowest BCUT2D eigenvalue weighted by molar-refractivity contribution is 0.351. The molecule has 0 aromatic heterocycles. The smallest absolute Gasteiger partial charge is 0.165 e. The molecule has 1 aliphatic heterocycles. The monoisotopic (exact) mass is 245 g/mol. The molecule has 3 N–H and O–H groups in total. The third-order valence-corrected chi connectivity index (χ3v) is 3.37. The molecule has 1 aliphatic rings. The maximum absolute atomic E-state index is 13.9. The molecule has 1 unspecified atom stereocenters. The van der Waals surface area contributed by atoms with Gasteiger partial charge in [0.25, 0.3) is 0 Å². The van der Waals surface area contributed by atoms with Crippen LogP contribution in [0.3, 0.4) is 0 Å². The number of phenolic OH excluding ortho intramolecular Hbond substituents is 2. The van der Waals surface area contributed by atoms with E-state index in [-0.39, 0.29) is 10.6 Å². The van der Waals surface area contributed by atoms with Gasteiger partial charge in [-0.05, 0) is 26.3 Å². The molecule has 5 heteroatoms. The minimum Gasteiger partial charge on any atom is -0.504 e. The average Bonchev–Trinajstić information content (AvgIpc) is 2.63. The van der Waals surface area contributed by atoms with E-state index >= 15 is 0 Å². The quantitative estimate of drug-likeness (QED) is 0.667. The fourth-order valence-electron chi connectivity index (χ4n) is 2.21. The van der Waals surface area contributed by atoms with Crippen molar-refractivity contribution < 1.29 is 14.6 Å². The summed E-state index contributed by atoms with van der Waals surface area (Å²) in [5.41, 5.74) is -0.619. The van der Waals surface area contributed by atoms with Gasteiger partial charge in [0.15, 0.2) is 17.3 Å². The maximum atomic E-state index is 13.9. The minimum absolute atomic E-state index is 0.0509. The molecule has 0 aliphatic carbocycles. The van der Waals surface area contributed by atoms with Crippen molar-refractivity contribution in [3.05, 3.63) is 22.5 Å². The van der Waals surface area contributed by atoms with E-state index in [1.807, 2.05) is 0 Å². The first kappa shape index (κ1) is 11.5. The van der Waals surface area contributed by atoms with E-state index in [1.165, 1.54) is 0 Å². The van der Waals surface area contributed by atoms with Crippen molar-refractivity contribution in [1.29, 1.82) is 0 Å². The molecule has 16 heavy (non-hydrogen) atoms. The van der Waals surface area contributed by atoms with Crippen LogP contribution in [0.15, 0.2) is 6.07 Å². The lowest BCUT2D eigenvalue weighted by atomic mass is 9.89. The normalized spacial score (nSPS) is 24.9. The van der Waals surface area contributed by atoms with Gasteiger partial charge < -0.3 is 15.5 Å². The summed E-state index contributed by atoms with van der Waals surface area (Å²) in [7, 11) is 0. The van der Waals surface area contributed by atoms with Crippen LogP contribution in [0.4, 0.5) is 4.39 Å². The van der Waals surface area contributed by atoms with Gasteiger partial charge >= 0.3 is 0 Å². The van der Waals surface area contributed by atoms with E-state index in [0.717, 1.165) is 19.0 Å². The predicted molar refractivity (Wildman–Crippen MR) is 59.3 cm³/mol. The molecule has 0 saturated carbocycles. The number of aromatic hydroxyl groups is 2. The van der Waals surface area contributed by atoms with Crippen LogP contribution in [0.2, 0.25) is 5.02 Å². The number of nitrogens with one attached hydrogen (secondary N) is 1. The third kappa shape index (κ3) is 1.62. The molecular weight excluding hydrogens is 233 g/mol. The second kappa shape index (κ2) is 3.79. The van der Waals surface area contributed by atoms with Crippen LogP contribution in [0, 0.1) is 5.82 Å². The van der Waals surface area contributed by atoms with Crippen molar-refractivity contribution in [2.24, 2.45) is 0 Å². The Labute approximate surface area is 97.9 Å². The lowest BCUT2D eigenvalue weighted by Gasteiger charge is -2.27. The van der Waals surface area contributed by atoms with E-state index in [2.05, 4.69) is 5.32 Å². The van der Waals surface area contributed by atoms with Gasteiger partial charge in [0.2, 0.25) is 0 Å². The molecule has 1 aromatic rings. The summed E-state index contributed by atoms with van der Waals surface area (Å²) in [6, 6.07) is 1.01. The first-order chi connectivity index (χ1) is 7.46. The van der Waals surface area contributed by atoms with Crippen LogP contribution >= 0.6 is 11.6 Å². The van der Waals surface area contributed by atoms with Crippen LogP contribution in [0.1, 0.15) is 25.3 Å². The van der Waals surface area contributed by atoms with Gasteiger partial charge in [0.1, 0.15) is 0 Å². The summed E-state index contributed by atoms with van der Waals surface area (Å²) >= 11 is 5.66. The number of halogens is 2. The zero-order valence-electron chi connectivity index (χ0n) is 8.85. The number of phenols is 2. The molecule has 2 rings (SSSR count). The summed E-state index contributed by atoms with van der Waals surface area (Å²) in [6.07, 6.45) is 1.58. The zero-order chi connectivity index (χ0) is 11.9. The molecule has 88 valence electrons. The fraction of sp³-hybridized carbons (Fsp3) is 0.455. The van der Waals surface area contributed by atoms with Crippen LogP contribution < -0.4 is 5.32 Å². The average molecular weight is 246 g/mol. The van der Waals surface area contributed by atoms with E-state index in [0.29, 0.717) is 6.42 Å². The first-order valence-electron chi connectivity index (χ1n) is 5.11. The number of hydrogen-bond acceptors (Lipinski definition) is 3. The molecule has 3 nitrogen and oxygen atoms in total. The summed E-state index contributed by atoms with van der Waals surface area (Å²) in [5, 5.41) is 22.1. The van der Waals surface area contributed by atoms with E-state index in [1.54, 1.807) is 6.92 Å². The zero-order valence-corrected chi connectivity index (χ0v) is 9.60. The largest absolute Gasteiger partial charge is 0.504 e. The SMILES string of the molecule is CC1(c2c(O)c(O)cc(Cl)c2F)CCCN1. The topological polar surface area (TPSA) is 52.5 Å². The Morgan fingerprint density at radius 2 is 2.19 bits per heavy atom. The van der Waals surface area contributed by atoms with Gasteiger partial charge in [-0.3, -0.25) is 0 Å². The Bertz CT molecular complexity index is 404. The van der Waals surface area contributed by atoms with Crippen molar-refractivity contribution in [2.75, 3.05) is 6.54 Å². The molecule has 0 spiro atoms. The van der Waals surface area contributed by atoms with Gasteiger partial charge in [-0.15, -0.1) is 0 Å². The van der Waals surface area contributed by atoms with Crippen LogP contribution in [-0.2, 0) is 5.54 Å². The number of hydrogen-bond donors (Lipinski definition) is 3. The molecule has 0 bridgehead atoms. The molecule has 1 aromatic carbocycles. The Hall–Kier alpha value is -1.00. The second-order valence-electron chi connectivity index (χ2n) is 4.28. The predicted octanol–water partition coefficient (Wildman–Crippen LogP) is 2.49. The van der Waals surface area contributed by atoms with E-state index in [4.69, 9.17) is 11.6 Å². The van der Waals surface area contributed by atoms with Crippen molar-refractivity contribution in [3.8, 4) is 11.5 Å². The lowest BCUT2D eigenvalue weighted by Crippen LogP contribution is -2.34. The van der Waals surface area contributed by atoms with Crippen molar-refractivity contribution >= 4 is 11.6 Å². The van der Waals surface area contributed by atoms with Crippen LogP contribution in [-0.4, -0.2) is 16.8 Å². The van der Waals surface area contributed by atoms with Gasteiger partial charge in [-0.2, -0.15) is 0 Å². The molecule has 0 amide bonds. The van der Waals surface area contributed by atoms with E-state index < -0.39 is 22.9 Å². The van der Waals surface area contributed by atoms with Crippen LogP contribution in [0.5, 0.6) is 11.5 Å². The first-order valence-corrected chi connectivity index (χ1v) is 5.49. The molecule has 1 heterocycles. The second-order valence-corrected chi connectivity index (χ2v) is 4.68.